The van der Waals surface area contributed by atoms with Gasteiger partial charge in [-0.25, -0.2) is 0 Å². The second-order valence-corrected chi connectivity index (χ2v) is 5.78. The molecular weight excluding hydrogens is 288 g/mol. The van der Waals surface area contributed by atoms with Crippen LogP contribution in [0.15, 0.2) is 12.1 Å². The van der Waals surface area contributed by atoms with Crippen LogP contribution in [0.5, 0.6) is 11.5 Å². The van der Waals surface area contributed by atoms with Crippen molar-refractivity contribution in [3.63, 3.8) is 0 Å². The van der Waals surface area contributed by atoms with E-state index in [1.165, 1.54) is 0 Å². The normalized spacial score (nSPS) is 19.9. The number of H-pyrrole nitrogens is 1. The molecule has 114 valence electrons. The molecule has 1 N–H and O–H groups in total. The van der Waals surface area contributed by atoms with Crippen molar-refractivity contribution in [1.29, 1.82) is 0 Å². The highest BCUT2D eigenvalue weighted by Gasteiger charge is 2.25. The van der Waals surface area contributed by atoms with E-state index in [-0.39, 0.29) is 6.04 Å². The Morgan fingerprint density at radius 1 is 1.33 bits per heavy atom. The summed E-state index contributed by atoms with van der Waals surface area (Å²) in [6.07, 6.45) is 1.07. The van der Waals surface area contributed by atoms with Gasteiger partial charge in [-0.1, -0.05) is 0 Å². The van der Waals surface area contributed by atoms with Gasteiger partial charge in [-0.3, -0.25) is 0 Å². The molecule has 1 saturated heterocycles. The Hall–Kier alpha value is -1.53. The third kappa shape index (κ3) is 2.42. The van der Waals surface area contributed by atoms with Crippen LogP contribution in [-0.4, -0.2) is 37.0 Å². The van der Waals surface area contributed by atoms with E-state index < -0.39 is 0 Å². The fourth-order valence-electron chi connectivity index (χ4n) is 3.00. The number of hydrogen-bond donors (Lipinski definition) is 1. The molecular formula is C15H20N2O3S. The van der Waals surface area contributed by atoms with Gasteiger partial charge in [0.05, 0.1) is 31.9 Å². The minimum atomic E-state index is 0.284. The maximum Gasteiger partial charge on any atom is 0.178 e. The van der Waals surface area contributed by atoms with E-state index in [4.69, 9.17) is 26.4 Å². The van der Waals surface area contributed by atoms with Gasteiger partial charge in [0.15, 0.2) is 16.3 Å². The van der Waals surface area contributed by atoms with Crippen LogP contribution in [-0.2, 0) is 4.74 Å². The van der Waals surface area contributed by atoms with Crippen LogP contribution < -0.4 is 9.47 Å². The standard InChI is InChI=1S/C15H20N2O3S/c1-9(10-4-5-20-8-10)17-12-7-14(19-3)13(18-2)6-11(12)16-15(17)21/h6-7,9-10H,4-5,8H2,1-3H3,(H,16,21). The summed E-state index contributed by atoms with van der Waals surface area (Å²) in [5, 5.41) is 0. The van der Waals surface area contributed by atoms with Crippen molar-refractivity contribution in [2.24, 2.45) is 5.92 Å². The van der Waals surface area contributed by atoms with E-state index in [9.17, 15) is 0 Å². The van der Waals surface area contributed by atoms with Crippen molar-refractivity contribution in [3.8, 4) is 11.5 Å². The fraction of sp³-hybridized carbons (Fsp3) is 0.533. The van der Waals surface area contributed by atoms with E-state index in [1.807, 2.05) is 12.1 Å². The van der Waals surface area contributed by atoms with Crippen LogP contribution in [0.25, 0.3) is 11.0 Å². The van der Waals surface area contributed by atoms with Gasteiger partial charge in [-0.05, 0) is 25.6 Å². The van der Waals surface area contributed by atoms with E-state index in [0.717, 1.165) is 35.4 Å². The van der Waals surface area contributed by atoms with Gasteiger partial charge in [0.2, 0.25) is 0 Å². The summed E-state index contributed by atoms with van der Waals surface area (Å²) in [7, 11) is 3.28. The molecule has 1 aliphatic heterocycles. The summed E-state index contributed by atoms with van der Waals surface area (Å²) in [5.41, 5.74) is 2.00. The number of fused-ring (bicyclic) bond motifs is 1. The molecule has 1 aliphatic rings. The van der Waals surface area contributed by atoms with E-state index >= 15 is 0 Å². The predicted octanol–water partition coefficient (Wildman–Crippen LogP) is 3.31. The molecule has 0 aliphatic carbocycles. The number of benzene rings is 1. The molecule has 1 fully saturated rings. The maximum atomic E-state index is 5.51. The van der Waals surface area contributed by atoms with Gasteiger partial charge >= 0.3 is 0 Å². The molecule has 2 unspecified atom stereocenters. The summed E-state index contributed by atoms with van der Waals surface area (Å²) < 4.78 is 19.1. The van der Waals surface area contributed by atoms with Gasteiger partial charge in [-0.15, -0.1) is 0 Å². The van der Waals surface area contributed by atoms with E-state index in [1.54, 1.807) is 14.2 Å². The number of rotatable bonds is 4. The summed E-state index contributed by atoms with van der Waals surface area (Å²) in [5.74, 6) is 1.90. The molecule has 2 heterocycles. The maximum absolute atomic E-state index is 5.51. The van der Waals surface area contributed by atoms with E-state index in [2.05, 4.69) is 16.5 Å². The van der Waals surface area contributed by atoms with Crippen LogP contribution in [0.2, 0.25) is 0 Å². The average Bonchev–Trinajstić information content (AvgIpc) is 3.11. The zero-order valence-electron chi connectivity index (χ0n) is 12.5. The molecule has 1 aromatic heterocycles. The third-order valence-electron chi connectivity index (χ3n) is 4.28. The number of nitrogens with one attached hydrogen (secondary N) is 1. The lowest BCUT2D eigenvalue weighted by Gasteiger charge is -2.20. The van der Waals surface area contributed by atoms with Gasteiger partial charge in [0.1, 0.15) is 0 Å². The first-order chi connectivity index (χ1) is 10.2. The molecule has 6 heteroatoms. The molecule has 3 rings (SSSR count). The molecule has 21 heavy (non-hydrogen) atoms. The monoisotopic (exact) mass is 308 g/mol. The molecule has 2 atom stereocenters. The summed E-state index contributed by atoms with van der Waals surface area (Å²) in [4.78, 5) is 3.26. The molecule has 0 spiro atoms. The Kier molecular flexibility index (Phi) is 3.91. The zero-order chi connectivity index (χ0) is 15.0. The van der Waals surface area contributed by atoms with Crippen LogP contribution in [0.3, 0.4) is 0 Å². The lowest BCUT2D eigenvalue weighted by atomic mass is 10.0. The minimum absolute atomic E-state index is 0.284. The van der Waals surface area contributed by atoms with E-state index in [0.29, 0.717) is 17.4 Å². The van der Waals surface area contributed by atoms with Crippen LogP contribution >= 0.6 is 12.2 Å². The van der Waals surface area contributed by atoms with Gasteiger partial charge in [-0.2, -0.15) is 0 Å². The predicted molar refractivity (Wildman–Crippen MR) is 83.9 cm³/mol. The fourth-order valence-corrected chi connectivity index (χ4v) is 3.38. The third-order valence-corrected chi connectivity index (χ3v) is 4.57. The van der Waals surface area contributed by atoms with Gasteiger partial charge in [0, 0.05) is 30.7 Å². The molecule has 0 amide bonds. The highest BCUT2D eigenvalue weighted by atomic mass is 32.1. The largest absolute Gasteiger partial charge is 0.493 e. The van der Waals surface area contributed by atoms with Crippen LogP contribution in [0.1, 0.15) is 19.4 Å². The Labute approximate surface area is 128 Å². The first-order valence-electron chi connectivity index (χ1n) is 7.09. The minimum Gasteiger partial charge on any atom is -0.493 e. The Bertz CT molecular complexity index is 701. The molecule has 0 bridgehead atoms. The second kappa shape index (κ2) is 5.69. The lowest BCUT2D eigenvalue weighted by molar-refractivity contribution is 0.175. The molecule has 1 aromatic carbocycles. The average molecular weight is 308 g/mol. The SMILES string of the molecule is COc1cc2[nH]c(=S)n(C(C)C3CCOC3)c2cc1OC. The van der Waals surface area contributed by atoms with Gasteiger partial charge < -0.3 is 23.8 Å². The van der Waals surface area contributed by atoms with Crippen LogP contribution in [0, 0.1) is 10.7 Å². The van der Waals surface area contributed by atoms with Crippen molar-refractivity contribution < 1.29 is 14.2 Å². The first kappa shape index (κ1) is 14.4. The Balaban J connectivity index is 2.13. The number of methoxy groups -OCH3 is 2. The van der Waals surface area contributed by atoms with Crippen molar-refractivity contribution in [2.75, 3.05) is 27.4 Å². The Morgan fingerprint density at radius 2 is 2.05 bits per heavy atom. The molecule has 2 aromatic rings. The van der Waals surface area contributed by atoms with Crippen molar-refractivity contribution in [3.05, 3.63) is 16.9 Å². The topological polar surface area (TPSA) is 48.4 Å². The quantitative estimate of drug-likeness (QED) is 0.880. The number of imidazole rings is 1. The number of ether oxygens (including phenoxy) is 3. The summed E-state index contributed by atoms with van der Waals surface area (Å²) in [6, 6.07) is 4.19. The number of nitrogens with zero attached hydrogens (tertiary/aromatic N) is 1. The van der Waals surface area contributed by atoms with Crippen molar-refractivity contribution >= 4 is 23.3 Å². The lowest BCUT2D eigenvalue weighted by Crippen LogP contribution is -2.16. The van der Waals surface area contributed by atoms with Crippen molar-refractivity contribution in [2.45, 2.75) is 19.4 Å². The highest BCUT2D eigenvalue weighted by molar-refractivity contribution is 7.71. The second-order valence-electron chi connectivity index (χ2n) is 5.39. The molecule has 5 nitrogen and oxygen atoms in total. The van der Waals surface area contributed by atoms with Crippen LogP contribution in [0.4, 0.5) is 0 Å². The first-order valence-corrected chi connectivity index (χ1v) is 7.50. The molecule has 0 saturated carbocycles. The highest BCUT2D eigenvalue weighted by Crippen LogP contribution is 2.35. The number of aromatic amines is 1. The van der Waals surface area contributed by atoms with Crippen molar-refractivity contribution in [1.82, 2.24) is 9.55 Å². The Morgan fingerprint density at radius 3 is 2.67 bits per heavy atom. The smallest absolute Gasteiger partial charge is 0.178 e. The summed E-state index contributed by atoms with van der Waals surface area (Å²) in [6.45, 7) is 3.82. The summed E-state index contributed by atoms with van der Waals surface area (Å²) >= 11 is 5.51. The zero-order valence-corrected chi connectivity index (χ0v) is 13.3. The van der Waals surface area contributed by atoms with Gasteiger partial charge in [0.25, 0.3) is 0 Å². The molecule has 0 radical (unpaired) electrons. The number of hydrogen-bond acceptors (Lipinski definition) is 4. The number of aromatic nitrogens is 2.